The zero-order valence-electron chi connectivity index (χ0n) is 8.57. The molecule has 2 heterocycles. The summed E-state index contributed by atoms with van der Waals surface area (Å²) < 4.78 is 7.35. The van der Waals surface area contributed by atoms with E-state index >= 15 is 0 Å². The van der Waals surface area contributed by atoms with Crippen molar-refractivity contribution in [2.45, 2.75) is 32.2 Å². The minimum absolute atomic E-state index is 0.534. The van der Waals surface area contributed by atoms with Gasteiger partial charge in [-0.05, 0) is 19.8 Å². The SMILES string of the molecule is CCn1ncc(N)c1C1CCOCC1. The van der Waals surface area contributed by atoms with Gasteiger partial charge in [0.25, 0.3) is 0 Å². The standard InChI is InChI=1S/C10H17N3O/c1-2-13-10(9(11)7-12-13)8-3-5-14-6-4-8/h7-8H,2-6,11H2,1H3. The first-order chi connectivity index (χ1) is 6.83. The minimum Gasteiger partial charge on any atom is -0.396 e. The Morgan fingerprint density at radius 3 is 2.93 bits per heavy atom. The monoisotopic (exact) mass is 195 g/mol. The third-order valence-corrected chi connectivity index (χ3v) is 2.82. The average Bonchev–Trinajstić information content (AvgIpc) is 2.61. The Balaban J connectivity index is 2.23. The first-order valence-electron chi connectivity index (χ1n) is 5.22. The van der Waals surface area contributed by atoms with E-state index in [2.05, 4.69) is 12.0 Å². The van der Waals surface area contributed by atoms with Gasteiger partial charge in [-0.2, -0.15) is 5.10 Å². The molecule has 0 spiro atoms. The summed E-state index contributed by atoms with van der Waals surface area (Å²) >= 11 is 0. The van der Waals surface area contributed by atoms with E-state index in [0.29, 0.717) is 5.92 Å². The predicted molar refractivity (Wildman–Crippen MR) is 55.1 cm³/mol. The Bertz CT molecular complexity index is 302. The second kappa shape index (κ2) is 4.00. The number of ether oxygens (including phenoxy) is 1. The van der Waals surface area contributed by atoms with Gasteiger partial charge in [0.05, 0.1) is 17.6 Å². The molecule has 0 saturated carbocycles. The molecule has 1 aliphatic rings. The molecule has 1 saturated heterocycles. The number of aryl methyl sites for hydroxylation is 1. The molecule has 0 radical (unpaired) electrons. The van der Waals surface area contributed by atoms with Crippen molar-refractivity contribution in [1.82, 2.24) is 9.78 Å². The molecule has 78 valence electrons. The van der Waals surface area contributed by atoms with Crippen LogP contribution in [0.15, 0.2) is 6.20 Å². The molecule has 1 fully saturated rings. The van der Waals surface area contributed by atoms with Gasteiger partial charge in [-0.25, -0.2) is 0 Å². The highest BCUT2D eigenvalue weighted by Gasteiger charge is 2.21. The van der Waals surface area contributed by atoms with Crippen LogP contribution in [0, 0.1) is 0 Å². The molecule has 1 aromatic heterocycles. The zero-order chi connectivity index (χ0) is 9.97. The van der Waals surface area contributed by atoms with Gasteiger partial charge >= 0.3 is 0 Å². The molecule has 2 N–H and O–H groups in total. The summed E-state index contributed by atoms with van der Waals surface area (Å²) in [5.74, 6) is 0.534. The Hall–Kier alpha value is -1.03. The molecule has 4 heteroatoms. The van der Waals surface area contributed by atoms with E-state index < -0.39 is 0 Å². The second-order valence-corrected chi connectivity index (χ2v) is 3.69. The van der Waals surface area contributed by atoms with Crippen molar-refractivity contribution in [3.05, 3.63) is 11.9 Å². The molecule has 0 unspecified atom stereocenters. The van der Waals surface area contributed by atoms with E-state index in [1.165, 1.54) is 5.69 Å². The van der Waals surface area contributed by atoms with Crippen LogP contribution in [0.3, 0.4) is 0 Å². The van der Waals surface area contributed by atoms with Gasteiger partial charge < -0.3 is 10.5 Å². The van der Waals surface area contributed by atoms with Crippen LogP contribution in [0.1, 0.15) is 31.4 Å². The number of nitrogens with zero attached hydrogens (tertiary/aromatic N) is 2. The largest absolute Gasteiger partial charge is 0.396 e. The summed E-state index contributed by atoms with van der Waals surface area (Å²) in [5.41, 5.74) is 7.96. The van der Waals surface area contributed by atoms with Crippen molar-refractivity contribution in [3.63, 3.8) is 0 Å². The highest BCUT2D eigenvalue weighted by Crippen LogP contribution is 2.30. The van der Waals surface area contributed by atoms with Crippen molar-refractivity contribution in [1.29, 1.82) is 0 Å². The number of hydrogen-bond acceptors (Lipinski definition) is 3. The molecule has 4 nitrogen and oxygen atoms in total. The zero-order valence-corrected chi connectivity index (χ0v) is 8.57. The molecular weight excluding hydrogens is 178 g/mol. The summed E-state index contributed by atoms with van der Waals surface area (Å²) in [6, 6.07) is 0. The Morgan fingerprint density at radius 2 is 2.29 bits per heavy atom. The molecular formula is C10H17N3O. The fourth-order valence-corrected chi connectivity index (χ4v) is 2.08. The fraction of sp³-hybridized carbons (Fsp3) is 0.700. The van der Waals surface area contributed by atoms with Gasteiger partial charge in [0.1, 0.15) is 0 Å². The van der Waals surface area contributed by atoms with E-state index in [1.54, 1.807) is 6.20 Å². The molecule has 0 atom stereocenters. The van der Waals surface area contributed by atoms with Crippen LogP contribution in [-0.4, -0.2) is 23.0 Å². The van der Waals surface area contributed by atoms with Gasteiger partial charge in [-0.1, -0.05) is 0 Å². The number of aromatic nitrogens is 2. The third-order valence-electron chi connectivity index (χ3n) is 2.82. The number of nitrogen functional groups attached to an aromatic ring is 1. The molecule has 2 rings (SSSR count). The van der Waals surface area contributed by atoms with Gasteiger partial charge in [-0.15, -0.1) is 0 Å². The lowest BCUT2D eigenvalue weighted by Gasteiger charge is -2.23. The number of nitrogens with two attached hydrogens (primary N) is 1. The molecule has 0 aliphatic carbocycles. The highest BCUT2D eigenvalue weighted by molar-refractivity contribution is 5.43. The minimum atomic E-state index is 0.534. The molecule has 1 aliphatic heterocycles. The molecule has 0 aromatic carbocycles. The third kappa shape index (κ3) is 1.62. The lowest BCUT2D eigenvalue weighted by atomic mass is 9.95. The summed E-state index contributed by atoms with van der Waals surface area (Å²) in [4.78, 5) is 0. The smallest absolute Gasteiger partial charge is 0.0736 e. The predicted octanol–water partition coefficient (Wildman–Crippen LogP) is 1.38. The Morgan fingerprint density at radius 1 is 1.57 bits per heavy atom. The lowest BCUT2D eigenvalue weighted by Crippen LogP contribution is -2.18. The average molecular weight is 195 g/mol. The van der Waals surface area contributed by atoms with E-state index in [4.69, 9.17) is 10.5 Å². The molecule has 0 bridgehead atoms. The number of rotatable bonds is 2. The van der Waals surface area contributed by atoms with Crippen LogP contribution in [-0.2, 0) is 11.3 Å². The van der Waals surface area contributed by atoms with Crippen LogP contribution in [0.25, 0.3) is 0 Å². The van der Waals surface area contributed by atoms with E-state index in [9.17, 15) is 0 Å². The van der Waals surface area contributed by atoms with Crippen LogP contribution >= 0.6 is 0 Å². The van der Waals surface area contributed by atoms with Crippen molar-refractivity contribution in [2.75, 3.05) is 18.9 Å². The van der Waals surface area contributed by atoms with E-state index in [-0.39, 0.29) is 0 Å². The summed E-state index contributed by atoms with van der Waals surface area (Å²) in [6.07, 6.45) is 3.89. The van der Waals surface area contributed by atoms with Gasteiger partial charge in [0, 0.05) is 25.7 Å². The molecule has 14 heavy (non-hydrogen) atoms. The summed E-state index contributed by atoms with van der Waals surface area (Å²) in [5, 5.41) is 4.26. The van der Waals surface area contributed by atoms with Crippen molar-refractivity contribution >= 4 is 5.69 Å². The maximum atomic E-state index is 5.92. The Kier molecular flexibility index (Phi) is 2.72. The van der Waals surface area contributed by atoms with Gasteiger partial charge in [-0.3, -0.25) is 4.68 Å². The first-order valence-corrected chi connectivity index (χ1v) is 5.22. The quantitative estimate of drug-likeness (QED) is 0.775. The van der Waals surface area contributed by atoms with Crippen LogP contribution in [0.2, 0.25) is 0 Å². The second-order valence-electron chi connectivity index (χ2n) is 3.69. The maximum absolute atomic E-state index is 5.92. The fourth-order valence-electron chi connectivity index (χ4n) is 2.08. The van der Waals surface area contributed by atoms with Crippen LogP contribution < -0.4 is 5.73 Å². The summed E-state index contributed by atoms with van der Waals surface area (Å²) in [7, 11) is 0. The lowest BCUT2D eigenvalue weighted by molar-refractivity contribution is 0.0837. The van der Waals surface area contributed by atoms with Crippen molar-refractivity contribution in [3.8, 4) is 0 Å². The Labute approximate surface area is 84.0 Å². The van der Waals surface area contributed by atoms with Crippen molar-refractivity contribution < 1.29 is 4.74 Å². The van der Waals surface area contributed by atoms with Gasteiger partial charge in [0.15, 0.2) is 0 Å². The first kappa shape index (κ1) is 9.52. The highest BCUT2D eigenvalue weighted by atomic mass is 16.5. The van der Waals surface area contributed by atoms with Crippen LogP contribution in [0.5, 0.6) is 0 Å². The number of anilines is 1. The maximum Gasteiger partial charge on any atom is 0.0736 e. The molecule has 1 aromatic rings. The normalized spacial score (nSPS) is 18.6. The van der Waals surface area contributed by atoms with Crippen molar-refractivity contribution in [2.24, 2.45) is 0 Å². The number of hydrogen-bond donors (Lipinski definition) is 1. The van der Waals surface area contributed by atoms with Crippen LogP contribution in [0.4, 0.5) is 5.69 Å². The topological polar surface area (TPSA) is 53.1 Å². The van der Waals surface area contributed by atoms with E-state index in [1.807, 2.05) is 4.68 Å². The summed E-state index contributed by atoms with van der Waals surface area (Å²) in [6.45, 7) is 4.68. The van der Waals surface area contributed by atoms with E-state index in [0.717, 1.165) is 38.3 Å². The van der Waals surface area contributed by atoms with Gasteiger partial charge in [0.2, 0.25) is 0 Å². The molecule has 0 amide bonds.